The number of hydrogen-bond donors (Lipinski definition) is 0. The van der Waals surface area contributed by atoms with Crippen molar-refractivity contribution >= 4 is 34.8 Å². The SMILES string of the molecule is CN(C)/N=C(\[O][Ge]([CH3])([Cl])[O]/C(=N\N(C)C)C(F)(F)F)C(F)(F)F. The molecule has 0 aromatic heterocycles. The molecule has 0 spiro atoms. The van der Waals surface area contributed by atoms with Crippen molar-refractivity contribution in [3.63, 3.8) is 0 Å². The zero-order valence-corrected chi connectivity index (χ0v) is 15.6. The van der Waals surface area contributed by atoms with Gasteiger partial charge < -0.3 is 0 Å². The number of alkyl halides is 6. The summed E-state index contributed by atoms with van der Waals surface area (Å²) in [5, 5.41) is 7.56. The average Bonchev–Trinajstić information content (AvgIpc) is 2.22. The summed E-state index contributed by atoms with van der Waals surface area (Å²) in [6.07, 6.45) is -10.1. The minimum atomic E-state index is -5.05. The van der Waals surface area contributed by atoms with Gasteiger partial charge in [0.25, 0.3) is 0 Å². The van der Waals surface area contributed by atoms with Gasteiger partial charge in [-0.25, -0.2) is 0 Å². The van der Waals surface area contributed by atoms with Gasteiger partial charge in [0.2, 0.25) is 0 Å². The first-order valence-corrected chi connectivity index (χ1v) is 12.3. The van der Waals surface area contributed by atoms with Crippen molar-refractivity contribution in [3.8, 4) is 0 Å². The van der Waals surface area contributed by atoms with Gasteiger partial charge >= 0.3 is 135 Å². The van der Waals surface area contributed by atoms with Crippen molar-refractivity contribution < 1.29 is 33.9 Å². The summed E-state index contributed by atoms with van der Waals surface area (Å²) >= 11 is -5.03. The second-order valence-corrected chi connectivity index (χ2v) is 12.5. The average molecular weight is 433 g/mol. The maximum atomic E-state index is 12.8. The van der Waals surface area contributed by atoms with Crippen molar-refractivity contribution in [1.29, 1.82) is 0 Å². The molecule has 0 saturated carbocycles. The molecule has 0 aliphatic rings. The molecular weight excluding hydrogens is 418 g/mol. The van der Waals surface area contributed by atoms with E-state index in [4.69, 9.17) is 10.0 Å². The van der Waals surface area contributed by atoms with Crippen molar-refractivity contribution in [3.05, 3.63) is 0 Å². The van der Waals surface area contributed by atoms with Crippen LogP contribution < -0.4 is 0 Å². The Bertz CT molecular complexity index is 424. The second-order valence-electron chi connectivity index (χ2n) is 4.54. The molecule has 0 atom stereocenters. The van der Waals surface area contributed by atoms with Crippen LogP contribution in [0, 0.1) is 0 Å². The van der Waals surface area contributed by atoms with E-state index in [-0.39, 0.29) is 0 Å². The van der Waals surface area contributed by atoms with Gasteiger partial charge in [-0.1, -0.05) is 0 Å². The Morgan fingerprint density at radius 1 is 0.826 bits per heavy atom. The fourth-order valence-corrected chi connectivity index (χ4v) is 3.95. The Morgan fingerprint density at radius 3 is 1.26 bits per heavy atom. The third-order valence-electron chi connectivity index (χ3n) is 1.62. The number of nitrogens with zero attached hydrogens (tertiary/aromatic N) is 4. The molecule has 0 aliphatic carbocycles. The molecule has 0 aromatic carbocycles. The van der Waals surface area contributed by atoms with E-state index in [9.17, 15) is 26.3 Å². The van der Waals surface area contributed by atoms with E-state index in [1.165, 1.54) is 28.2 Å². The number of hydrazone groups is 2. The normalized spacial score (nSPS) is 14.6. The molecule has 6 nitrogen and oxygen atoms in total. The van der Waals surface area contributed by atoms with Gasteiger partial charge in [0.05, 0.1) is 0 Å². The van der Waals surface area contributed by atoms with Gasteiger partial charge in [-0.15, -0.1) is 0 Å². The molecule has 0 bridgehead atoms. The minimum absolute atomic E-state index is 0.761. The molecule has 14 heteroatoms. The molecule has 0 heterocycles. The molecule has 0 saturated heterocycles. The molecular formula is C9H15ClF6GeN4O2. The molecule has 0 radical (unpaired) electrons. The summed E-state index contributed by atoms with van der Waals surface area (Å²) in [5.74, 6) is -2.77. The van der Waals surface area contributed by atoms with Crippen molar-refractivity contribution in [2.45, 2.75) is 18.1 Å². The van der Waals surface area contributed by atoms with Crippen molar-refractivity contribution in [2.24, 2.45) is 10.2 Å². The molecule has 0 aromatic rings. The predicted octanol–water partition coefficient (Wildman–Crippen LogP) is 2.70. The van der Waals surface area contributed by atoms with Crippen LogP contribution in [0.1, 0.15) is 0 Å². The fourth-order valence-electron chi connectivity index (χ4n) is 0.999. The molecule has 136 valence electrons. The third-order valence-corrected chi connectivity index (χ3v) is 4.77. The first kappa shape index (κ1) is 22.0. The van der Waals surface area contributed by atoms with Gasteiger partial charge in [0.15, 0.2) is 0 Å². The Morgan fingerprint density at radius 2 is 1.09 bits per heavy atom. The summed E-state index contributed by atoms with van der Waals surface area (Å²) in [5.41, 5.74) is 0. The standard InChI is InChI=1S/C9H15ClF6GeN4O2/c1-17(10,22-6(8(11,12)13)18-20(2)3)23-7(9(14,15)16)19-21(4)5/h1-5H3/b18-6-,19-7-. The van der Waals surface area contributed by atoms with E-state index < -0.39 is 37.2 Å². The zero-order chi connectivity index (χ0) is 18.6. The van der Waals surface area contributed by atoms with Crippen molar-refractivity contribution in [1.82, 2.24) is 10.0 Å². The van der Waals surface area contributed by atoms with Crippen LogP contribution in [0.3, 0.4) is 0 Å². The first-order chi connectivity index (χ1) is 10.0. The number of rotatable bonds is 4. The van der Waals surface area contributed by atoms with Crippen LogP contribution in [0.4, 0.5) is 26.3 Å². The fraction of sp³-hybridized carbons (Fsp3) is 0.778. The third kappa shape index (κ3) is 8.98. The molecule has 0 rings (SSSR count). The Labute approximate surface area is 135 Å². The van der Waals surface area contributed by atoms with Gasteiger partial charge in [-0.05, 0) is 0 Å². The molecule has 0 aliphatic heterocycles. The monoisotopic (exact) mass is 434 g/mol. The summed E-state index contributed by atoms with van der Waals surface area (Å²) < 4.78 is 85.5. The van der Waals surface area contributed by atoms with E-state index in [1.54, 1.807) is 0 Å². The van der Waals surface area contributed by atoms with Gasteiger partial charge in [-0.3, -0.25) is 0 Å². The number of halogens is 7. The van der Waals surface area contributed by atoms with Crippen LogP contribution in [0.25, 0.3) is 0 Å². The van der Waals surface area contributed by atoms with Crippen LogP contribution in [-0.2, 0) is 7.53 Å². The quantitative estimate of drug-likeness (QED) is 0.225. The molecule has 0 fully saturated rings. The second kappa shape index (κ2) is 7.68. The topological polar surface area (TPSA) is 49.7 Å². The van der Waals surface area contributed by atoms with Crippen LogP contribution >= 0.6 is 10.0 Å². The maximum absolute atomic E-state index is 12.8. The van der Waals surface area contributed by atoms with E-state index in [0.717, 1.165) is 15.8 Å². The van der Waals surface area contributed by atoms with Crippen molar-refractivity contribution in [2.75, 3.05) is 28.2 Å². The summed E-state index contributed by atoms with van der Waals surface area (Å²) in [7, 11) is 10.3. The molecule has 0 amide bonds. The predicted molar refractivity (Wildman–Crippen MR) is 74.0 cm³/mol. The molecule has 23 heavy (non-hydrogen) atoms. The van der Waals surface area contributed by atoms with Crippen LogP contribution in [0.2, 0.25) is 5.76 Å². The Balaban J connectivity index is 5.46. The first-order valence-electron chi connectivity index (χ1n) is 5.78. The van der Waals surface area contributed by atoms with E-state index >= 15 is 0 Å². The zero-order valence-electron chi connectivity index (χ0n) is 12.8. The van der Waals surface area contributed by atoms with Gasteiger partial charge in [-0.2, -0.15) is 0 Å². The Hall–Kier alpha value is -1.05. The van der Waals surface area contributed by atoms with E-state index in [2.05, 4.69) is 17.7 Å². The Kier molecular flexibility index (Phi) is 7.33. The summed E-state index contributed by atoms with van der Waals surface area (Å²) in [6, 6.07) is 0. The van der Waals surface area contributed by atoms with Crippen LogP contribution in [0.15, 0.2) is 10.2 Å². The summed E-state index contributed by atoms with van der Waals surface area (Å²) in [6.45, 7) is 0. The number of hydrogen-bond acceptors (Lipinski definition) is 6. The van der Waals surface area contributed by atoms with E-state index in [1.807, 2.05) is 0 Å². The van der Waals surface area contributed by atoms with Crippen LogP contribution in [0.5, 0.6) is 0 Å². The van der Waals surface area contributed by atoms with E-state index in [0.29, 0.717) is 0 Å². The molecule has 0 unspecified atom stereocenters. The van der Waals surface area contributed by atoms with Gasteiger partial charge in [0, 0.05) is 0 Å². The van der Waals surface area contributed by atoms with Gasteiger partial charge in [0.1, 0.15) is 0 Å². The summed E-state index contributed by atoms with van der Waals surface area (Å²) in [4.78, 5) is 0. The molecule has 0 N–H and O–H groups in total. The van der Waals surface area contributed by atoms with Crippen LogP contribution in [-0.4, -0.2) is 75.4 Å².